The molecule has 1 atom stereocenters. The molecule has 2 aliphatic rings. The Kier molecular flexibility index (Phi) is 5.09. The summed E-state index contributed by atoms with van der Waals surface area (Å²) < 4.78 is 20.9. The molecule has 0 amide bonds. The minimum Gasteiger partial charge on any atom is -0.381 e. The second kappa shape index (κ2) is 7.63. The molecule has 0 unspecified atom stereocenters. The van der Waals surface area contributed by atoms with Crippen molar-refractivity contribution in [2.75, 3.05) is 33.0 Å². The molecule has 136 valence electrons. The molecule has 0 bridgehead atoms. The molecule has 4 rings (SSSR count). The Hall–Kier alpha value is -1.77. The molecule has 2 saturated heterocycles. The van der Waals surface area contributed by atoms with Crippen molar-refractivity contribution >= 4 is 0 Å². The van der Waals surface area contributed by atoms with E-state index in [2.05, 4.69) is 9.55 Å². The van der Waals surface area contributed by atoms with E-state index in [0.717, 1.165) is 43.5 Å². The van der Waals surface area contributed by atoms with Crippen LogP contribution >= 0.6 is 0 Å². The molecule has 4 heterocycles. The summed E-state index contributed by atoms with van der Waals surface area (Å²) in [5.74, 6) is 3.21. The zero-order chi connectivity index (χ0) is 17.1. The van der Waals surface area contributed by atoms with Crippen molar-refractivity contribution in [3.05, 3.63) is 29.9 Å². The number of hydrogen-bond donors (Lipinski definition) is 0. The van der Waals surface area contributed by atoms with Gasteiger partial charge in [0, 0.05) is 31.5 Å². The Morgan fingerprint density at radius 1 is 1.16 bits per heavy atom. The summed E-state index contributed by atoms with van der Waals surface area (Å²) in [5, 5.41) is 4.82. The van der Waals surface area contributed by atoms with Crippen LogP contribution in [0.25, 0.3) is 0 Å². The maximum Gasteiger partial charge on any atom is 0.154 e. The molecule has 0 spiro atoms. The second-order valence-electron chi connectivity index (χ2n) is 6.63. The standard InChI is InChI=1S/C17H25N5O3/c1-13-18-4-5-21(13)11-16-19-17(14-2-6-23-7-3-14)20-22(16)10-15-12-24-8-9-25-15/h4-5,14-15H,2-3,6-12H2,1H3/t15-/m0/s1. The minimum atomic E-state index is 0.0284. The van der Waals surface area contributed by atoms with Gasteiger partial charge in [-0.1, -0.05) is 0 Å². The van der Waals surface area contributed by atoms with Gasteiger partial charge >= 0.3 is 0 Å². The molecule has 0 aromatic carbocycles. The first-order valence-electron chi connectivity index (χ1n) is 8.98. The third-order valence-corrected chi connectivity index (χ3v) is 4.85. The Labute approximate surface area is 147 Å². The van der Waals surface area contributed by atoms with E-state index in [1.54, 1.807) is 0 Å². The number of aryl methyl sites for hydroxylation is 1. The van der Waals surface area contributed by atoms with E-state index in [-0.39, 0.29) is 6.10 Å². The average molecular weight is 347 g/mol. The molecular weight excluding hydrogens is 322 g/mol. The van der Waals surface area contributed by atoms with Gasteiger partial charge in [-0.2, -0.15) is 5.10 Å². The Morgan fingerprint density at radius 3 is 2.76 bits per heavy atom. The highest BCUT2D eigenvalue weighted by atomic mass is 16.6. The zero-order valence-electron chi connectivity index (χ0n) is 14.6. The van der Waals surface area contributed by atoms with Crippen molar-refractivity contribution in [3.8, 4) is 0 Å². The van der Waals surface area contributed by atoms with Crippen LogP contribution in [0.2, 0.25) is 0 Å². The van der Waals surface area contributed by atoms with Crippen molar-refractivity contribution in [2.24, 2.45) is 0 Å². The molecule has 2 aliphatic heterocycles. The lowest BCUT2D eigenvalue weighted by molar-refractivity contribution is -0.0949. The van der Waals surface area contributed by atoms with Crippen LogP contribution in [-0.2, 0) is 27.3 Å². The fourth-order valence-corrected chi connectivity index (χ4v) is 3.34. The molecule has 0 radical (unpaired) electrons. The summed E-state index contributed by atoms with van der Waals surface area (Å²) in [6.07, 6.45) is 5.78. The quantitative estimate of drug-likeness (QED) is 0.807. The largest absolute Gasteiger partial charge is 0.381 e. The van der Waals surface area contributed by atoms with Gasteiger partial charge in [-0.05, 0) is 19.8 Å². The maximum atomic E-state index is 5.80. The van der Waals surface area contributed by atoms with Crippen LogP contribution in [0.15, 0.2) is 12.4 Å². The molecular formula is C17H25N5O3. The number of nitrogens with zero attached hydrogens (tertiary/aromatic N) is 5. The Bertz CT molecular complexity index is 686. The van der Waals surface area contributed by atoms with E-state index in [1.165, 1.54) is 0 Å². The molecule has 8 heteroatoms. The minimum absolute atomic E-state index is 0.0284. The lowest BCUT2D eigenvalue weighted by Gasteiger charge is -2.23. The summed E-state index contributed by atoms with van der Waals surface area (Å²) in [5.41, 5.74) is 0. The number of ether oxygens (including phenoxy) is 3. The molecule has 8 nitrogen and oxygen atoms in total. The Morgan fingerprint density at radius 2 is 2.04 bits per heavy atom. The van der Waals surface area contributed by atoms with Gasteiger partial charge in [0.15, 0.2) is 5.82 Å². The van der Waals surface area contributed by atoms with Crippen LogP contribution in [0.1, 0.15) is 36.2 Å². The summed E-state index contributed by atoms with van der Waals surface area (Å²) in [6.45, 7) is 6.82. The van der Waals surface area contributed by atoms with Gasteiger partial charge in [0.2, 0.25) is 0 Å². The van der Waals surface area contributed by atoms with Crippen molar-refractivity contribution in [1.82, 2.24) is 24.3 Å². The van der Waals surface area contributed by atoms with Crippen LogP contribution in [0, 0.1) is 6.92 Å². The number of imidazole rings is 1. The van der Waals surface area contributed by atoms with Gasteiger partial charge in [0.05, 0.1) is 32.9 Å². The summed E-state index contributed by atoms with van der Waals surface area (Å²) >= 11 is 0. The average Bonchev–Trinajstić information content (AvgIpc) is 3.24. The van der Waals surface area contributed by atoms with E-state index in [1.807, 2.05) is 24.0 Å². The molecule has 0 aliphatic carbocycles. The zero-order valence-corrected chi connectivity index (χ0v) is 14.6. The summed E-state index contributed by atoms with van der Waals surface area (Å²) in [7, 11) is 0. The summed E-state index contributed by atoms with van der Waals surface area (Å²) in [4.78, 5) is 9.17. The Balaban J connectivity index is 1.57. The molecule has 2 aromatic heterocycles. The van der Waals surface area contributed by atoms with Crippen LogP contribution < -0.4 is 0 Å². The molecule has 25 heavy (non-hydrogen) atoms. The highest BCUT2D eigenvalue weighted by Crippen LogP contribution is 2.25. The molecule has 2 fully saturated rings. The lowest BCUT2D eigenvalue weighted by atomic mass is 10.00. The highest BCUT2D eigenvalue weighted by molar-refractivity contribution is 5.03. The van der Waals surface area contributed by atoms with Crippen LogP contribution in [0.5, 0.6) is 0 Å². The summed E-state index contributed by atoms with van der Waals surface area (Å²) in [6, 6.07) is 0. The number of hydrogen-bond acceptors (Lipinski definition) is 6. The predicted octanol–water partition coefficient (Wildman–Crippen LogP) is 1.14. The molecule has 0 saturated carbocycles. The van der Waals surface area contributed by atoms with Gasteiger partial charge < -0.3 is 18.8 Å². The highest BCUT2D eigenvalue weighted by Gasteiger charge is 2.24. The third kappa shape index (κ3) is 3.91. The number of rotatable bonds is 5. The van der Waals surface area contributed by atoms with E-state index in [9.17, 15) is 0 Å². The number of aromatic nitrogens is 5. The topological polar surface area (TPSA) is 76.2 Å². The first-order valence-corrected chi connectivity index (χ1v) is 8.98. The van der Waals surface area contributed by atoms with Gasteiger partial charge in [0.25, 0.3) is 0 Å². The molecule has 2 aromatic rings. The van der Waals surface area contributed by atoms with Gasteiger partial charge in [-0.25, -0.2) is 14.6 Å². The van der Waals surface area contributed by atoms with Crippen molar-refractivity contribution in [2.45, 2.75) is 44.9 Å². The van der Waals surface area contributed by atoms with Crippen molar-refractivity contribution in [3.63, 3.8) is 0 Å². The van der Waals surface area contributed by atoms with Crippen LogP contribution in [-0.4, -0.2) is 63.5 Å². The van der Waals surface area contributed by atoms with Crippen LogP contribution in [0.3, 0.4) is 0 Å². The van der Waals surface area contributed by atoms with E-state index < -0.39 is 0 Å². The van der Waals surface area contributed by atoms with Gasteiger partial charge in [-0.3, -0.25) is 0 Å². The second-order valence-corrected chi connectivity index (χ2v) is 6.63. The lowest BCUT2D eigenvalue weighted by Crippen LogP contribution is -2.33. The smallest absolute Gasteiger partial charge is 0.154 e. The fourth-order valence-electron chi connectivity index (χ4n) is 3.34. The SMILES string of the molecule is Cc1nccn1Cc1nc(C2CCOCC2)nn1C[C@H]1COCCO1. The normalized spacial score (nSPS) is 22.4. The van der Waals surface area contributed by atoms with E-state index in [0.29, 0.717) is 38.8 Å². The first kappa shape index (κ1) is 16.7. The van der Waals surface area contributed by atoms with Crippen LogP contribution in [0.4, 0.5) is 0 Å². The fraction of sp³-hybridized carbons (Fsp3) is 0.706. The van der Waals surface area contributed by atoms with Gasteiger partial charge in [0.1, 0.15) is 17.8 Å². The van der Waals surface area contributed by atoms with Crippen molar-refractivity contribution in [1.29, 1.82) is 0 Å². The van der Waals surface area contributed by atoms with Gasteiger partial charge in [-0.15, -0.1) is 0 Å². The maximum absolute atomic E-state index is 5.80. The first-order chi connectivity index (χ1) is 12.3. The van der Waals surface area contributed by atoms with Crippen molar-refractivity contribution < 1.29 is 14.2 Å². The molecule has 0 N–H and O–H groups in total. The van der Waals surface area contributed by atoms with E-state index in [4.69, 9.17) is 24.3 Å². The monoisotopic (exact) mass is 347 g/mol. The third-order valence-electron chi connectivity index (χ3n) is 4.85. The predicted molar refractivity (Wildman–Crippen MR) is 89.4 cm³/mol. The van der Waals surface area contributed by atoms with E-state index >= 15 is 0 Å².